The number of benzene rings is 2. The van der Waals surface area contributed by atoms with Crippen molar-refractivity contribution in [2.75, 3.05) is 14.1 Å². The lowest BCUT2D eigenvalue weighted by Crippen LogP contribution is -2.40. The van der Waals surface area contributed by atoms with Crippen molar-refractivity contribution in [3.8, 4) is 0 Å². The second kappa shape index (κ2) is 10.1. The Hall–Kier alpha value is -3.35. The van der Waals surface area contributed by atoms with Crippen molar-refractivity contribution < 1.29 is 13.6 Å². The lowest BCUT2D eigenvalue weighted by atomic mass is 9.65. The van der Waals surface area contributed by atoms with E-state index >= 15 is 0 Å². The van der Waals surface area contributed by atoms with E-state index in [-0.39, 0.29) is 41.0 Å². The van der Waals surface area contributed by atoms with Crippen LogP contribution < -0.4 is 5.32 Å². The van der Waals surface area contributed by atoms with Crippen LogP contribution in [0.15, 0.2) is 65.2 Å². The van der Waals surface area contributed by atoms with Crippen LogP contribution in [0.2, 0.25) is 0 Å². The van der Waals surface area contributed by atoms with Gasteiger partial charge in [-0.15, -0.1) is 0 Å². The summed E-state index contributed by atoms with van der Waals surface area (Å²) in [5.74, 6) is -0.536. The predicted octanol–water partition coefficient (Wildman–Crippen LogP) is 6.45. The van der Waals surface area contributed by atoms with E-state index in [2.05, 4.69) is 18.3 Å². The van der Waals surface area contributed by atoms with Crippen LogP contribution in [0.1, 0.15) is 44.2 Å². The number of urea groups is 1. The molecule has 4 unspecified atom stereocenters. The van der Waals surface area contributed by atoms with Gasteiger partial charge in [-0.3, -0.25) is 4.99 Å². The number of nitrogens with zero attached hydrogens (tertiary/aromatic N) is 2. The molecule has 2 N–H and O–H groups in total. The molecule has 0 aromatic heterocycles. The number of allylic oxidation sites excluding steroid dienone is 2. The molecule has 2 amide bonds. The Balaban J connectivity index is 1.62. The van der Waals surface area contributed by atoms with E-state index < -0.39 is 0 Å². The highest BCUT2D eigenvalue weighted by Crippen LogP contribution is 2.56. The predicted molar refractivity (Wildman–Crippen MR) is 135 cm³/mol. The molecule has 2 aliphatic carbocycles. The molecule has 7 heteroatoms. The van der Waals surface area contributed by atoms with Gasteiger partial charge in [-0.1, -0.05) is 24.6 Å². The number of fused-ring (bicyclic) bond motifs is 1. The van der Waals surface area contributed by atoms with E-state index in [1.54, 1.807) is 32.3 Å². The lowest BCUT2D eigenvalue weighted by Gasteiger charge is -2.40. The van der Waals surface area contributed by atoms with Gasteiger partial charge in [-0.2, -0.15) is 0 Å². The van der Waals surface area contributed by atoms with Crippen LogP contribution in [-0.2, 0) is 0 Å². The molecule has 2 aromatic carbocycles. The van der Waals surface area contributed by atoms with Crippen LogP contribution in [0.4, 0.5) is 19.3 Å². The van der Waals surface area contributed by atoms with E-state index in [0.29, 0.717) is 12.1 Å². The first-order valence-corrected chi connectivity index (χ1v) is 12.0. The molecule has 0 radical (unpaired) electrons. The number of halogens is 2. The van der Waals surface area contributed by atoms with E-state index in [1.165, 1.54) is 41.0 Å². The van der Waals surface area contributed by atoms with Gasteiger partial charge in [0.1, 0.15) is 11.6 Å². The number of hydrogen-bond donors (Lipinski definition) is 2. The number of nitrogens with one attached hydrogen (secondary N) is 2. The van der Waals surface area contributed by atoms with Gasteiger partial charge in [0.25, 0.3) is 0 Å². The number of carbonyl (C=O) groups is 1. The molecule has 2 aromatic rings. The van der Waals surface area contributed by atoms with Crippen LogP contribution in [-0.4, -0.2) is 37.0 Å². The fraction of sp³-hybridized carbons (Fsp3) is 0.393. The molecule has 0 saturated heterocycles. The fourth-order valence-corrected chi connectivity index (χ4v) is 5.44. The minimum absolute atomic E-state index is 0.154. The summed E-state index contributed by atoms with van der Waals surface area (Å²) in [7, 11) is 3.38. The number of rotatable bonds is 6. The second-order valence-corrected chi connectivity index (χ2v) is 10.0. The summed E-state index contributed by atoms with van der Waals surface area (Å²) in [4.78, 5) is 18.7. The number of hydrogen-bond acceptors (Lipinski definition) is 3. The zero-order chi connectivity index (χ0) is 25.2. The zero-order valence-corrected chi connectivity index (χ0v) is 20.4. The van der Waals surface area contributed by atoms with Crippen molar-refractivity contribution in [1.82, 2.24) is 10.2 Å². The first kappa shape index (κ1) is 24.8. The fourth-order valence-electron chi connectivity index (χ4n) is 5.44. The minimum atomic E-state index is -0.326. The largest absolute Gasteiger partial charge is 0.331 e. The monoisotopic (exact) mass is 478 g/mol. The summed E-state index contributed by atoms with van der Waals surface area (Å²) in [6.45, 7) is 2.23. The Morgan fingerprint density at radius 3 is 2.63 bits per heavy atom. The minimum Gasteiger partial charge on any atom is -0.331 e. The average molecular weight is 479 g/mol. The van der Waals surface area contributed by atoms with Crippen molar-refractivity contribution in [2.45, 2.75) is 38.6 Å². The highest BCUT2D eigenvalue weighted by Gasteiger charge is 2.47. The molecule has 1 saturated carbocycles. The maximum Gasteiger partial charge on any atom is 0.317 e. The first-order valence-electron chi connectivity index (χ1n) is 12.0. The highest BCUT2D eigenvalue weighted by molar-refractivity contribution is 6.07. The molecule has 1 fully saturated rings. The Kier molecular flexibility index (Phi) is 7.15. The van der Waals surface area contributed by atoms with Crippen LogP contribution in [0.3, 0.4) is 0 Å². The van der Waals surface area contributed by atoms with E-state index in [4.69, 9.17) is 10.4 Å². The summed E-state index contributed by atoms with van der Waals surface area (Å²) >= 11 is 0. The highest BCUT2D eigenvalue weighted by atomic mass is 19.1. The van der Waals surface area contributed by atoms with Crippen molar-refractivity contribution in [3.05, 3.63) is 77.4 Å². The standard InChI is InChI=1S/C28H32F2N4O/c1-28-16-19(17-31)26(32-24-11-9-22(29)10-12-24)15-21(28)8-7-20(28)14-25(33-27(35)34(2)3)18-5-4-6-23(30)13-18/h4-6,9-13,15,17,19-20,25,31H,7-8,14,16H2,1-3H3,(H,33,35). The number of aliphatic imine (C=N–C) groups is 1. The molecular formula is C28H32F2N4O. The molecule has 5 nitrogen and oxygen atoms in total. The molecule has 4 rings (SSSR count). The van der Waals surface area contributed by atoms with Gasteiger partial charge in [-0.05, 0) is 85.1 Å². The quantitative estimate of drug-likeness (QED) is 0.460. The van der Waals surface area contributed by atoms with Gasteiger partial charge in [-0.25, -0.2) is 13.6 Å². The summed E-state index contributed by atoms with van der Waals surface area (Å²) in [5, 5.41) is 11.1. The van der Waals surface area contributed by atoms with Gasteiger partial charge in [0, 0.05) is 31.9 Å². The van der Waals surface area contributed by atoms with E-state index in [9.17, 15) is 13.6 Å². The van der Waals surface area contributed by atoms with Gasteiger partial charge in [0.05, 0.1) is 11.7 Å². The van der Waals surface area contributed by atoms with E-state index in [0.717, 1.165) is 30.5 Å². The van der Waals surface area contributed by atoms with Crippen molar-refractivity contribution in [1.29, 1.82) is 5.41 Å². The van der Waals surface area contributed by atoms with Gasteiger partial charge in [0.15, 0.2) is 0 Å². The van der Waals surface area contributed by atoms with Crippen LogP contribution in [0.5, 0.6) is 0 Å². The molecule has 184 valence electrons. The van der Waals surface area contributed by atoms with Gasteiger partial charge in [0.2, 0.25) is 0 Å². The summed E-state index contributed by atoms with van der Waals surface area (Å²) in [6, 6.07) is 11.9. The molecule has 4 atom stereocenters. The third kappa shape index (κ3) is 5.34. The molecule has 0 spiro atoms. The summed E-state index contributed by atoms with van der Waals surface area (Å²) in [6.07, 6.45) is 6.81. The van der Waals surface area contributed by atoms with Gasteiger partial charge >= 0.3 is 6.03 Å². The Bertz CT molecular complexity index is 1160. The lowest BCUT2D eigenvalue weighted by molar-refractivity contribution is 0.193. The first-order chi connectivity index (χ1) is 16.7. The molecule has 35 heavy (non-hydrogen) atoms. The van der Waals surface area contributed by atoms with E-state index in [1.807, 2.05) is 6.07 Å². The Labute approximate surface area is 205 Å². The van der Waals surface area contributed by atoms with Crippen LogP contribution >= 0.6 is 0 Å². The second-order valence-electron chi connectivity index (χ2n) is 10.0. The molecule has 2 aliphatic rings. The van der Waals surface area contributed by atoms with Crippen molar-refractivity contribution in [2.24, 2.45) is 22.2 Å². The zero-order valence-electron chi connectivity index (χ0n) is 20.4. The normalized spacial score (nSPS) is 25.5. The third-order valence-electron chi connectivity index (χ3n) is 7.50. The topological polar surface area (TPSA) is 68.6 Å². The van der Waals surface area contributed by atoms with Crippen LogP contribution in [0, 0.1) is 34.3 Å². The SMILES string of the molecule is CN(C)C(=O)NC(CC1CCC2=CC(=Nc3ccc(F)cc3)C(C=N)CC21C)c1cccc(F)c1. The molecule has 0 aliphatic heterocycles. The molecular weight excluding hydrogens is 446 g/mol. The Morgan fingerprint density at radius 2 is 1.97 bits per heavy atom. The number of carbonyl (C=O) groups excluding carboxylic acids is 1. The number of amides is 2. The Morgan fingerprint density at radius 1 is 1.23 bits per heavy atom. The summed E-state index contributed by atoms with van der Waals surface area (Å²) in [5.41, 5.74) is 3.37. The van der Waals surface area contributed by atoms with Crippen LogP contribution in [0.25, 0.3) is 0 Å². The maximum atomic E-state index is 14.0. The average Bonchev–Trinajstić information content (AvgIpc) is 3.14. The van der Waals surface area contributed by atoms with Crippen molar-refractivity contribution in [3.63, 3.8) is 0 Å². The van der Waals surface area contributed by atoms with Gasteiger partial charge < -0.3 is 15.6 Å². The molecule has 0 heterocycles. The summed E-state index contributed by atoms with van der Waals surface area (Å²) < 4.78 is 27.3. The third-order valence-corrected chi connectivity index (χ3v) is 7.50. The maximum absolute atomic E-state index is 14.0. The van der Waals surface area contributed by atoms with Crippen molar-refractivity contribution >= 4 is 23.6 Å². The smallest absolute Gasteiger partial charge is 0.317 e. The molecule has 0 bridgehead atoms.